The van der Waals surface area contributed by atoms with Gasteiger partial charge in [0.1, 0.15) is 0 Å². The highest BCUT2D eigenvalue weighted by molar-refractivity contribution is 8.00. The van der Waals surface area contributed by atoms with Crippen molar-refractivity contribution in [3.05, 3.63) is 72.8 Å². The number of para-hydroxylation sites is 1. The predicted octanol–water partition coefficient (Wildman–Crippen LogP) is 5.91. The Morgan fingerprint density at radius 1 is 1.12 bits per heavy atom. The van der Waals surface area contributed by atoms with E-state index >= 15 is 0 Å². The minimum absolute atomic E-state index is 0.174. The van der Waals surface area contributed by atoms with Crippen LogP contribution >= 0.6 is 11.8 Å². The zero-order chi connectivity index (χ0) is 23.3. The molecule has 9 heteroatoms. The molecule has 3 rings (SSSR count). The number of aromatic nitrogens is 3. The van der Waals surface area contributed by atoms with Crippen molar-refractivity contribution in [3.8, 4) is 11.4 Å². The van der Waals surface area contributed by atoms with Crippen molar-refractivity contribution in [3.63, 3.8) is 0 Å². The first-order chi connectivity index (χ1) is 15.2. The molecule has 1 unspecified atom stereocenters. The summed E-state index contributed by atoms with van der Waals surface area (Å²) < 4.78 is 41.8. The average Bonchev–Trinajstić information content (AvgIpc) is 3.14. The Hall–Kier alpha value is -3.07. The highest BCUT2D eigenvalue weighted by Gasteiger charge is 2.35. The molecule has 0 saturated carbocycles. The standard InChI is InChI=1S/C23H23F3N4OS/c1-4-14-30-20(16-10-6-5-7-11-16)28-29-22(30)32-19(15(2)3)21(31)27-18-13-9-8-12-17(18)23(24,25)26/h4-13,15,19H,1,14H2,2-3H3,(H,27,31). The fraction of sp³-hybridized carbons (Fsp3) is 0.261. The highest BCUT2D eigenvalue weighted by Crippen LogP contribution is 2.36. The van der Waals surface area contributed by atoms with E-state index in [0.29, 0.717) is 17.5 Å². The monoisotopic (exact) mass is 460 g/mol. The van der Waals surface area contributed by atoms with Crippen LogP contribution in [-0.4, -0.2) is 25.9 Å². The van der Waals surface area contributed by atoms with E-state index in [1.54, 1.807) is 6.08 Å². The predicted molar refractivity (Wildman–Crippen MR) is 120 cm³/mol. The number of rotatable bonds is 8. The summed E-state index contributed by atoms with van der Waals surface area (Å²) in [5, 5.41) is 10.8. The smallest absolute Gasteiger partial charge is 0.325 e. The van der Waals surface area contributed by atoms with Gasteiger partial charge in [-0.05, 0) is 18.1 Å². The largest absolute Gasteiger partial charge is 0.418 e. The molecule has 0 bridgehead atoms. The molecule has 0 aliphatic rings. The van der Waals surface area contributed by atoms with Crippen molar-refractivity contribution < 1.29 is 18.0 Å². The molecule has 168 valence electrons. The van der Waals surface area contributed by atoms with E-state index in [0.717, 1.165) is 11.6 Å². The number of allylic oxidation sites excluding steroid dienone is 1. The van der Waals surface area contributed by atoms with Gasteiger partial charge in [0.05, 0.1) is 16.5 Å². The van der Waals surface area contributed by atoms with Crippen LogP contribution in [0.3, 0.4) is 0 Å². The third kappa shape index (κ3) is 5.40. The Labute approximate surface area is 188 Å². The Morgan fingerprint density at radius 3 is 2.41 bits per heavy atom. The van der Waals surface area contributed by atoms with Gasteiger partial charge >= 0.3 is 6.18 Å². The van der Waals surface area contributed by atoms with Crippen LogP contribution in [0.25, 0.3) is 11.4 Å². The van der Waals surface area contributed by atoms with Crippen LogP contribution in [-0.2, 0) is 17.5 Å². The summed E-state index contributed by atoms with van der Waals surface area (Å²) >= 11 is 1.17. The number of carbonyl (C=O) groups is 1. The maximum absolute atomic E-state index is 13.3. The Kier molecular flexibility index (Phi) is 7.40. The summed E-state index contributed by atoms with van der Waals surface area (Å²) in [5.74, 6) is -0.0819. The third-order valence-corrected chi connectivity index (χ3v) is 6.17. The van der Waals surface area contributed by atoms with Crippen molar-refractivity contribution in [2.75, 3.05) is 5.32 Å². The molecule has 1 heterocycles. The van der Waals surface area contributed by atoms with Crippen LogP contribution in [0.5, 0.6) is 0 Å². The minimum atomic E-state index is -4.57. The number of alkyl halides is 3. The van der Waals surface area contributed by atoms with Crippen LogP contribution in [0.2, 0.25) is 0 Å². The maximum Gasteiger partial charge on any atom is 0.418 e. The number of halogens is 3. The second-order valence-corrected chi connectivity index (χ2v) is 8.50. The zero-order valence-electron chi connectivity index (χ0n) is 17.6. The molecule has 1 N–H and O–H groups in total. The Balaban J connectivity index is 1.89. The first-order valence-electron chi connectivity index (χ1n) is 9.95. The third-order valence-electron chi connectivity index (χ3n) is 4.65. The number of nitrogens with one attached hydrogen (secondary N) is 1. The number of benzene rings is 2. The van der Waals surface area contributed by atoms with Crippen LogP contribution in [0.4, 0.5) is 18.9 Å². The molecule has 0 saturated heterocycles. The van der Waals surface area contributed by atoms with Crippen LogP contribution < -0.4 is 5.32 Å². The van der Waals surface area contributed by atoms with Gasteiger partial charge < -0.3 is 5.32 Å². The number of hydrogen-bond donors (Lipinski definition) is 1. The van der Waals surface area contributed by atoms with Gasteiger partial charge in [-0.2, -0.15) is 13.2 Å². The van der Waals surface area contributed by atoms with Gasteiger partial charge in [-0.25, -0.2) is 0 Å². The van der Waals surface area contributed by atoms with Gasteiger partial charge in [0.15, 0.2) is 11.0 Å². The van der Waals surface area contributed by atoms with E-state index in [2.05, 4.69) is 22.1 Å². The highest BCUT2D eigenvalue weighted by atomic mass is 32.2. The van der Waals surface area contributed by atoms with E-state index in [9.17, 15) is 18.0 Å². The van der Waals surface area contributed by atoms with Gasteiger partial charge in [-0.15, -0.1) is 16.8 Å². The summed E-state index contributed by atoms with van der Waals surface area (Å²) in [6.07, 6.45) is -2.87. The average molecular weight is 461 g/mol. The lowest BCUT2D eigenvalue weighted by molar-refractivity contribution is -0.137. The molecule has 1 amide bonds. The molecular formula is C23H23F3N4OS. The fourth-order valence-electron chi connectivity index (χ4n) is 3.12. The summed E-state index contributed by atoms with van der Waals surface area (Å²) in [4.78, 5) is 13.0. The van der Waals surface area contributed by atoms with Gasteiger partial charge in [-0.3, -0.25) is 9.36 Å². The summed E-state index contributed by atoms with van der Waals surface area (Å²) in [5.41, 5.74) is -0.297. The Bertz CT molecular complexity index is 1080. The van der Waals surface area contributed by atoms with Gasteiger partial charge in [0, 0.05) is 12.1 Å². The summed E-state index contributed by atoms with van der Waals surface area (Å²) in [6, 6.07) is 14.4. The lowest BCUT2D eigenvalue weighted by atomic mass is 10.1. The summed E-state index contributed by atoms with van der Waals surface area (Å²) in [7, 11) is 0. The Morgan fingerprint density at radius 2 is 1.78 bits per heavy atom. The molecule has 3 aromatic rings. The molecule has 1 atom stereocenters. The molecule has 1 aromatic heterocycles. The molecule has 32 heavy (non-hydrogen) atoms. The van der Waals surface area contributed by atoms with E-state index in [-0.39, 0.29) is 11.6 Å². The number of hydrogen-bond acceptors (Lipinski definition) is 4. The van der Waals surface area contributed by atoms with E-state index in [4.69, 9.17) is 0 Å². The van der Waals surface area contributed by atoms with E-state index in [1.807, 2.05) is 48.7 Å². The molecule has 2 aromatic carbocycles. The molecule has 0 spiro atoms. The minimum Gasteiger partial charge on any atom is -0.325 e. The van der Waals surface area contributed by atoms with Crippen molar-refractivity contribution in [1.29, 1.82) is 0 Å². The lowest BCUT2D eigenvalue weighted by Crippen LogP contribution is -2.31. The molecule has 0 radical (unpaired) electrons. The van der Waals surface area contributed by atoms with Crippen LogP contribution in [0.1, 0.15) is 19.4 Å². The van der Waals surface area contributed by atoms with Crippen molar-refractivity contribution in [2.24, 2.45) is 5.92 Å². The molecule has 5 nitrogen and oxygen atoms in total. The molecular weight excluding hydrogens is 437 g/mol. The molecule has 0 aliphatic heterocycles. The number of anilines is 1. The van der Waals surface area contributed by atoms with E-state index in [1.165, 1.54) is 30.0 Å². The topological polar surface area (TPSA) is 59.8 Å². The second-order valence-electron chi connectivity index (χ2n) is 7.39. The van der Waals surface area contributed by atoms with Crippen molar-refractivity contribution in [1.82, 2.24) is 14.8 Å². The first kappa shape index (κ1) is 23.6. The van der Waals surface area contributed by atoms with Crippen molar-refractivity contribution in [2.45, 2.75) is 37.0 Å². The fourth-order valence-corrected chi connectivity index (χ4v) is 4.16. The van der Waals surface area contributed by atoms with Gasteiger partial charge in [-0.1, -0.05) is 74.1 Å². The number of thioether (sulfide) groups is 1. The SMILES string of the molecule is C=CCn1c(SC(C(=O)Nc2ccccc2C(F)(F)F)C(C)C)nnc1-c1ccccc1. The number of nitrogens with zero attached hydrogens (tertiary/aromatic N) is 3. The first-order valence-corrected chi connectivity index (χ1v) is 10.8. The number of carbonyl (C=O) groups excluding carboxylic acids is 1. The van der Waals surface area contributed by atoms with E-state index < -0.39 is 22.9 Å². The lowest BCUT2D eigenvalue weighted by Gasteiger charge is -2.21. The van der Waals surface area contributed by atoms with Crippen LogP contribution in [0, 0.1) is 5.92 Å². The quantitative estimate of drug-likeness (QED) is 0.336. The van der Waals surface area contributed by atoms with Gasteiger partial charge in [0.25, 0.3) is 0 Å². The molecule has 0 aliphatic carbocycles. The van der Waals surface area contributed by atoms with Crippen molar-refractivity contribution >= 4 is 23.4 Å². The normalized spacial score (nSPS) is 12.6. The maximum atomic E-state index is 13.3. The zero-order valence-corrected chi connectivity index (χ0v) is 18.5. The van der Waals surface area contributed by atoms with Crippen LogP contribution in [0.15, 0.2) is 72.4 Å². The molecule has 0 fully saturated rings. The second kappa shape index (κ2) is 10.0. The number of amides is 1. The summed E-state index contributed by atoms with van der Waals surface area (Å²) in [6.45, 7) is 7.86. The van der Waals surface area contributed by atoms with Gasteiger partial charge in [0.2, 0.25) is 5.91 Å².